The van der Waals surface area contributed by atoms with Crippen molar-refractivity contribution in [2.75, 3.05) is 7.05 Å². The Balaban J connectivity index is 1.88. The molecule has 3 atom stereocenters. The van der Waals surface area contributed by atoms with Gasteiger partial charge in [-0.1, -0.05) is 60.7 Å². The van der Waals surface area contributed by atoms with E-state index in [1.807, 2.05) is 12.1 Å². The molecule has 0 bridgehead atoms. The summed E-state index contributed by atoms with van der Waals surface area (Å²) in [6.07, 6.45) is 0.179. The summed E-state index contributed by atoms with van der Waals surface area (Å²) >= 11 is 0. The molecule has 1 saturated heterocycles. The van der Waals surface area contributed by atoms with E-state index in [0.29, 0.717) is 6.04 Å². The largest absolute Gasteiger partial charge is 0.349 e. The van der Waals surface area contributed by atoms with Gasteiger partial charge in [0.1, 0.15) is 12.3 Å². The van der Waals surface area contributed by atoms with Crippen molar-refractivity contribution in [3.05, 3.63) is 71.8 Å². The summed E-state index contributed by atoms with van der Waals surface area (Å²) in [4.78, 5) is 2.30. The summed E-state index contributed by atoms with van der Waals surface area (Å²) in [5, 5.41) is 0. The Labute approximate surface area is 114 Å². The average Bonchev–Trinajstić information content (AvgIpc) is 2.77. The number of rotatable bonds is 2. The van der Waals surface area contributed by atoms with Gasteiger partial charge in [0.15, 0.2) is 0 Å². The third kappa shape index (κ3) is 2.29. The van der Waals surface area contributed by atoms with Crippen molar-refractivity contribution < 1.29 is 4.74 Å². The van der Waals surface area contributed by atoms with Crippen molar-refractivity contribution in [2.45, 2.75) is 25.3 Å². The molecule has 98 valence electrons. The first kappa shape index (κ1) is 12.4. The van der Waals surface area contributed by atoms with Crippen LogP contribution in [-0.2, 0) is 4.74 Å². The van der Waals surface area contributed by atoms with Crippen LogP contribution < -0.4 is 0 Å². The molecule has 19 heavy (non-hydrogen) atoms. The predicted molar refractivity (Wildman–Crippen MR) is 76.7 cm³/mol. The van der Waals surface area contributed by atoms with E-state index in [1.165, 1.54) is 11.1 Å². The Kier molecular flexibility index (Phi) is 3.36. The van der Waals surface area contributed by atoms with Crippen molar-refractivity contribution in [2.24, 2.45) is 0 Å². The van der Waals surface area contributed by atoms with Crippen LogP contribution in [0.2, 0.25) is 0 Å². The highest BCUT2D eigenvalue weighted by molar-refractivity contribution is 5.23. The Bertz CT molecular complexity index is 476. The zero-order valence-corrected chi connectivity index (χ0v) is 11.4. The molecule has 2 nitrogen and oxygen atoms in total. The number of benzene rings is 2. The third-order valence-electron chi connectivity index (χ3n) is 3.94. The van der Waals surface area contributed by atoms with Crippen molar-refractivity contribution in [1.29, 1.82) is 0 Å². The molecule has 1 fully saturated rings. The van der Waals surface area contributed by atoms with Gasteiger partial charge in [0.05, 0.1) is 0 Å². The first-order valence-corrected chi connectivity index (χ1v) is 6.74. The highest BCUT2D eigenvalue weighted by Gasteiger charge is 2.38. The summed E-state index contributed by atoms with van der Waals surface area (Å²) in [6.45, 7) is 2.22. The quantitative estimate of drug-likeness (QED) is 0.807. The zero-order chi connectivity index (χ0) is 13.2. The van der Waals surface area contributed by atoms with Gasteiger partial charge >= 0.3 is 0 Å². The summed E-state index contributed by atoms with van der Waals surface area (Å²) in [7, 11) is 2.13. The van der Waals surface area contributed by atoms with E-state index in [0.717, 1.165) is 0 Å². The molecule has 0 amide bonds. The van der Waals surface area contributed by atoms with Crippen molar-refractivity contribution in [3.63, 3.8) is 0 Å². The van der Waals surface area contributed by atoms with Gasteiger partial charge in [0, 0.05) is 6.04 Å². The minimum absolute atomic E-state index is 0.0430. The molecule has 3 unspecified atom stereocenters. The van der Waals surface area contributed by atoms with Crippen molar-refractivity contribution in [1.82, 2.24) is 4.90 Å². The Morgan fingerprint density at radius 1 is 0.842 bits per heavy atom. The second-order valence-corrected chi connectivity index (χ2v) is 5.14. The van der Waals surface area contributed by atoms with Gasteiger partial charge in [-0.3, -0.25) is 4.90 Å². The molecule has 1 aliphatic heterocycles. The molecule has 0 spiro atoms. The highest BCUT2D eigenvalue weighted by Crippen LogP contribution is 2.40. The van der Waals surface area contributed by atoms with Crippen LogP contribution in [0.3, 0.4) is 0 Å². The fourth-order valence-corrected chi connectivity index (χ4v) is 2.71. The summed E-state index contributed by atoms with van der Waals surface area (Å²) in [5.74, 6) is 0. The first-order valence-electron chi connectivity index (χ1n) is 6.74. The Morgan fingerprint density at radius 3 is 1.95 bits per heavy atom. The fraction of sp³-hybridized carbons (Fsp3) is 0.294. The second kappa shape index (κ2) is 5.16. The zero-order valence-electron chi connectivity index (χ0n) is 11.4. The molecule has 2 aromatic carbocycles. The molecule has 0 aromatic heterocycles. The molecule has 0 N–H and O–H groups in total. The third-order valence-corrected chi connectivity index (χ3v) is 3.94. The molecule has 3 rings (SSSR count). The van der Waals surface area contributed by atoms with E-state index in [9.17, 15) is 0 Å². The molecule has 0 aliphatic carbocycles. The normalized spacial score (nSPS) is 27.6. The lowest BCUT2D eigenvalue weighted by atomic mass is 10.0. The van der Waals surface area contributed by atoms with Gasteiger partial charge in [-0.05, 0) is 25.1 Å². The van der Waals surface area contributed by atoms with Gasteiger partial charge in [-0.25, -0.2) is 0 Å². The maximum Gasteiger partial charge on any atom is 0.137 e. The topological polar surface area (TPSA) is 12.5 Å². The van der Waals surface area contributed by atoms with Crippen molar-refractivity contribution in [3.8, 4) is 0 Å². The van der Waals surface area contributed by atoms with Crippen LogP contribution in [-0.4, -0.2) is 18.0 Å². The summed E-state index contributed by atoms with van der Waals surface area (Å²) < 4.78 is 6.28. The van der Waals surface area contributed by atoms with Gasteiger partial charge < -0.3 is 4.74 Å². The predicted octanol–water partition coefficient (Wildman–Crippen LogP) is 3.78. The van der Waals surface area contributed by atoms with Gasteiger partial charge in [0.25, 0.3) is 0 Å². The van der Waals surface area contributed by atoms with E-state index in [1.54, 1.807) is 0 Å². The van der Waals surface area contributed by atoms with Crippen LogP contribution in [0.1, 0.15) is 30.4 Å². The maximum atomic E-state index is 6.28. The molecule has 2 heteroatoms. The summed E-state index contributed by atoms with van der Waals surface area (Å²) in [6, 6.07) is 21.3. The number of likely N-dealkylation sites (N-methyl/N-ethyl adjacent to an activating group) is 1. The minimum atomic E-state index is 0.0430. The van der Waals surface area contributed by atoms with E-state index >= 15 is 0 Å². The lowest BCUT2D eigenvalue weighted by Crippen LogP contribution is -2.27. The standard InChI is InChI=1S/C17H19NO/c1-13-16(14-9-5-3-6-10-14)19-17(18(13)2)15-11-7-4-8-12-15/h3-13,16-17H,1-2H3. The molecule has 0 saturated carbocycles. The first-order chi connectivity index (χ1) is 9.27. The molecule has 1 heterocycles. The lowest BCUT2D eigenvalue weighted by molar-refractivity contribution is 0.00560. The van der Waals surface area contributed by atoms with Gasteiger partial charge in [0.2, 0.25) is 0 Å². The molecule has 2 aromatic rings. The number of hydrogen-bond acceptors (Lipinski definition) is 2. The average molecular weight is 253 g/mol. The fourth-order valence-electron chi connectivity index (χ4n) is 2.71. The van der Waals surface area contributed by atoms with Gasteiger partial charge in [-0.15, -0.1) is 0 Å². The smallest absolute Gasteiger partial charge is 0.137 e. The van der Waals surface area contributed by atoms with Crippen LogP contribution in [0.5, 0.6) is 0 Å². The lowest BCUT2D eigenvalue weighted by Gasteiger charge is -2.21. The Hall–Kier alpha value is -1.64. The maximum absolute atomic E-state index is 6.28. The van der Waals surface area contributed by atoms with E-state index in [-0.39, 0.29) is 12.3 Å². The van der Waals surface area contributed by atoms with Crippen molar-refractivity contribution >= 4 is 0 Å². The number of hydrogen-bond donors (Lipinski definition) is 0. The summed E-state index contributed by atoms with van der Waals surface area (Å²) in [5.41, 5.74) is 2.47. The number of nitrogens with zero attached hydrogens (tertiary/aromatic N) is 1. The van der Waals surface area contributed by atoms with Crippen LogP contribution in [0.4, 0.5) is 0 Å². The molecule has 0 radical (unpaired) electrons. The van der Waals surface area contributed by atoms with Crippen LogP contribution >= 0.6 is 0 Å². The number of ether oxygens (including phenoxy) is 1. The van der Waals surface area contributed by atoms with Crippen LogP contribution in [0.25, 0.3) is 0 Å². The van der Waals surface area contributed by atoms with E-state index in [4.69, 9.17) is 4.74 Å². The minimum Gasteiger partial charge on any atom is -0.349 e. The SMILES string of the molecule is CC1C(c2ccccc2)OC(c2ccccc2)N1C. The van der Waals surface area contributed by atoms with Crippen LogP contribution in [0, 0.1) is 0 Å². The highest BCUT2D eigenvalue weighted by atomic mass is 16.5. The molecular weight excluding hydrogens is 234 g/mol. The molecular formula is C17H19NO. The van der Waals surface area contributed by atoms with E-state index < -0.39 is 0 Å². The molecule has 1 aliphatic rings. The van der Waals surface area contributed by atoms with Gasteiger partial charge in [-0.2, -0.15) is 0 Å². The monoisotopic (exact) mass is 253 g/mol. The Morgan fingerprint density at radius 2 is 1.37 bits per heavy atom. The van der Waals surface area contributed by atoms with Crippen LogP contribution in [0.15, 0.2) is 60.7 Å². The second-order valence-electron chi connectivity index (χ2n) is 5.14. The van der Waals surface area contributed by atoms with E-state index in [2.05, 4.69) is 67.4 Å².